The van der Waals surface area contributed by atoms with Crippen LogP contribution in [-0.2, 0) is 19.1 Å². The SMILES string of the molecule is C=CCN(C(=O)[C@@H]1N(CCCCCO)C(=O)[C@H]2[C@H](C(=O)O)[C@H]3O[C@@]12CC3Br)c1ccc(Cl)cc1. The lowest BCUT2D eigenvalue weighted by Crippen LogP contribution is -2.57. The van der Waals surface area contributed by atoms with Crippen molar-refractivity contribution in [1.82, 2.24) is 4.90 Å². The van der Waals surface area contributed by atoms with Crippen molar-refractivity contribution < 1.29 is 29.3 Å². The normalized spacial score (nSPS) is 31.6. The summed E-state index contributed by atoms with van der Waals surface area (Å²) in [6.45, 7) is 4.30. The number of halogens is 2. The summed E-state index contributed by atoms with van der Waals surface area (Å²) in [5, 5.41) is 19.6. The number of carboxylic acids is 1. The van der Waals surface area contributed by atoms with Crippen molar-refractivity contribution in [3.8, 4) is 0 Å². The quantitative estimate of drug-likeness (QED) is 0.261. The van der Waals surface area contributed by atoms with Crippen LogP contribution in [0, 0.1) is 11.8 Å². The zero-order valence-electron chi connectivity index (χ0n) is 18.6. The molecule has 0 radical (unpaired) electrons. The van der Waals surface area contributed by atoms with Crippen molar-refractivity contribution >= 4 is 51.0 Å². The third kappa shape index (κ3) is 4.06. The highest BCUT2D eigenvalue weighted by Crippen LogP contribution is 2.60. The van der Waals surface area contributed by atoms with Crippen LogP contribution in [0.5, 0.6) is 0 Å². The maximum Gasteiger partial charge on any atom is 0.310 e. The Hall–Kier alpha value is -1.94. The first-order valence-electron chi connectivity index (χ1n) is 11.4. The highest BCUT2D eigenvalue weighted by molar-refractivity contribution is 9.09. The van der Waals surface area contributed by atoms with E-state index in [9.17, 15) is 19.5 Å². The number of nitrogens with zero attached hydrogens (tertiary/aromatic N) is 2. The van der Waals surface area contributed by atoms with E-state index in [2.05, 4.69) is 22.5 Å². The molecule has 8 nitrogen and oxygen atoms in total. The Morgan fingerprint density at radius 3 is 2.62 bits per heavy atom. The summed E-state index contributed by atoms with van der Waals surface area (Å²) < 4.78 is 6.29. The van der Waals surface area contributed by atoms with Crippen molar-refractivity contribution in [3.63, 3.8) is 0 Å². The van der Waals surface area contributed by atoms with Crippen molar-refractivity contribution in [1.29, 1.82) is 0 Å². The van der Waals surface area contributed by atoms with Crippen molar-refractivity contribution in [2.45, 2.75) is 48.3 Å². The standard InChI is InChI=1S/C24H28BrClN2O6/c1-2-10-27(15-8-6-14(26)7-9-15)22(31)20-24-13-16(25)19(34-24)17(23(32)33)18(24)21(30)28(20)11-4-3-5-12-29/h2,6-9,16-20,29H,1,3-5,10-13H2,(H,32,33)/t16?,17-,18+,19-,20-,24+/m0/s1. The zero-order chi connectivity index (χ0) is 24.6. The third-order valence-corrected chi connectivity index (χ3v) is 8.18. The minimum atomic E-state index is -1.22. The number of ether oxygens (including phenoxy) is 1. The average Bonchev–Trinajstić information content (AvgIpc) is 3.39. The summed E-state index contributed by atoms with van der Waals surface area (Å²) >= 11 is 9.58. The fraction of sp³-hybridized carbons (Fsp3) is 0.542. The lowest BCUT2D eigenvalue weighted by atomic mass is 9.70. The van der Waals surface area contributed by atoms with E-state index in [1.165, 1.54) is 9.80 Å². The van der Waals surface area contributed by atoms with Crippen molar-refractivity contribution in [2.75, 3.05) is 24.6 Å². The van der Waals surface area contributed by atoms with E-state index in [1.54, 1.807) is 30.3 Å². The molecule has 1 aromatic carbocycles. The summed E-state index contributed by atoms with van der Waals surface area (Å²) in [5.74, 6) is -3.74. The Morgan fingerprint density at radius 1 is 1.29 bits per heavy atom. The van der Waals surface area contributed by atoms with Crippen LogP contribution in [0.1, 0.15) is 25.7 Å². The number of hydrogen-bond acceptors (Lipinski definition) is 5. The maximum atomic E-state index is 14.1. The molecule has 0 aromatic heterocycles. The van der Waals surface area contributed by atoms with Crippen LogP contribution in [0.15, 0.2) is 36.9 Å². The number of aliphatic carboxylic acids is 1. The zero-order valence-corrected chi connectivity index (χ0v) is 21.0. The number of rotatable bonds is 10. The Bertz CT molecular complexity index is 975. The molecule has 1 unspecified atom stereocenters. The van der Waals surface area contributed by atoms with Crippen LogP contribution in [0.3, 0.4) is 0 Å². The summed E-state index contributed by atoms with van der Waals surface area (Å²) in [7, 11) is 0. The highest BCUT2D eigenvalue weighted by Gasteiger charge is 2.76. The van der Waals surface area contributed by atoms with Gasteiger partial charge < -0.3 is 24.7 Å². The number of aliphatic hydroxyl groups excluding tert-OH is 1. The molecule has 10 heteroatoms. The Labute approximate surface area is 211 Å². The first-order valence-corrected chi connectivity index (χ1v) is 12.7. The minimum absolute atomic E-state index is 0.0453. The van der Waals surface area contributed by atoms with Gasteiger partial charge in [0.15, 0.2) is 0 Å². The van der Waals surface area contributed by atoms with E-state index < -0.39 is 35.6 Å². The molecule has 1 aromatic rings. The van der Waals surface area contributed by atoms with Gasteiger partial charge in [-0.15, -0.1) is 6.58 Å². The van der Waals surface area contributed by atoms with Gasteiger partial charge in [0, 0.05) is 35.2 Å². The molecule has 4 rings (SSSR count). The smallest absolute Gasteiger partial charge is 0.310 e. The van der Waals surface area contributed by atoms with Crippen molar-refractivity contribution in [2.24, 2.45) is 11.8 Å². The largest absolute Gasteiger partial charge is 0.481 e. The molecule has 3 aliphatic heterocycles. The molecule has 2 bridgehead atoms. The van der Waals surface area contributed by atoms with E-state index >= 15 is 0 Å². The van der Waals surface area contributed by atoms with E-state index in [0.29, 0.717) is 36.4 Å². The Kier molecular flexibility index (Phi) is 7.38. The molecular formula is C24H28BrClN2O6. The van der Waals surface area contributed by atoms with Gasteiger partial charge in [0.05, 0.1) is 17.9 Å². The Balaban J connectivity index is 1.74. The Morgan fingerprint density at radius 2 is 2.00 bits per heavy atom. The van der Waals surface area contributed by atoms with Crippen LogP contribution in [-0.4, -0.2) is 75.2 Å². The molecule has 3 aliphatic rings. The number of carbonyl (C=O) groups is 3. The first-order chi connectivity index (χ1) is 16.3. The molecule has 3 fully saturated rings. The number of amides is 2. The number of carbonyl (C=O) groups excluding carboxylic acids is 2. The molecule has 6 atom stereocenters. The minimum Gasteiger partial charge on any atom is -0.481 e. The molecule has 184 valence electrons. The van der Waals surface area contributed by atoms with Gasteiger partial charge in [0.1, 0.15) is 11.6 Å². The molecule has 1 spiro atoms. The summed E-state index contributed by atoms with van der Waals surface area (Å²) in [6, 6.07) is 5.84. The number of benzene rings is 1. The number of fused-ring (bicyclic) bond motifs is 1. The monoisotopic (exact) mass is 554 g/mol. The fourth-order valence-electron chi connectivity index (χ4n) is 5.72. The van der Waals surface area contributed by atoms with Gasteiger partial charge in [-0.1, -0.05) is 33.6 Å². The van der Waals surface area contributed by atoms with Crippen LogP contribution >= 0.6 is 27.5 Å². The van der Waals surface area contributed by atoms with Crippen LogP contribution in [0.2, 0.25) is 5.02 Å². The topological polar surface area (TPSA) is 107 Å². The van der Waals surface area contributed by atoms with Crippen molar-refractivity contribution in [3.05, 3.63) is 41.9 Å². The van der Waals surface area contributed by atoms with Gasteiger partial charge in [-0.3, -0.25) is 14.4 Å². The van der Waals surface area contributed by atoms with E-state index in [4.69, 9.17) is 21.4 Å². The predicted molar refractivity (Wildman–Crippen MR) is 130 cm³/mol. The maximum absolute atomic E-state index is 14.1. The van der Waals surface area contributed by atoms with Crippen LogP contribution in [0.4, 0.5) is 5.69 Å². The first kappa shape index (κ1) is 25.2. The highest BCUT2D eigenvalue weighted by atomic mass is 79.9. The van der Waals surface area contributed by atoms with Gasteiger partial charge in [-0.2, -0.15) is 0 Å². The molecule has 34 heavy (non-hydrogen) atoms. The number of anilines is 1. The number of unbranched alkanes of at least 4 members (excludes halogenated alkanes) is 2. The van der Waals surface area contributed by atoms with E-state index in [1.807, 2.05) is 0 Å². The van der Waals surface area contributed by atoms with E-state index in [0.717, 1.165) is 0 Å². The van der Waals surface area contributed by atoms with Crippen LogP contribution < -0.4 is 4.90 Å². The molecular weight excluding hydrogens is 528 g/mol. The van der Waals surface area contributed by atoms with Crippen LogP contribution in [0.25, 0.3) is 0 Å². The molecule has 2 amide bonds. The predicted octanol–water partition coefficient (Wildman–Crippen LogP) is 2.85. The summed E-state index contributed by atoms with van der Waals surface area (Å²) in [5.41, 5.74) is -0.627. The lowest BCUT2D eigenvalue weighted by Gasteiger charge is -2.37. The second kappa shape index (κ2) is 9.97. The average molecular weight is 556 g/mol. The van der Waals surface area contributed by atoms with E-state index in [-0.39, 0.29) is 36.3 Å². The molecule has 0 saturated carbocycles. The molecule has 0 aliphatic carbocycles. The molecule has 3 heterocycles. The van der Waals surface area contributed by atoms with Gasteiger partial charge in [0.2, 0.25) is 5.91 Å². The number of aliphatic hydroxyl groups is 1. The fourth-order valence-corrected chi connectivity index (χ4v) is 6.79. The molecule has 2 N–H and O–H groups in total. The second-order valence-electron chi connectivity index (χ2n) is 9.03. The number of hydrogen-bond donors (Lipinski definition) is 2. The summed E-state index contributed by atoms with van der Waals surface area (Å²) in [6.07, 6.45) is 3.14. The third-order valence-electron chi connectivity index (χ3n) is 7.08. The van der Waals surface area contributed by atoms with Gasteiger partial charge in [0.25, 0.3) is 5.91 Å². The number of likely N-dealkylation sites (tertiary alicyclic amines) is 1. The number of alkyl halides is 1. The van der Waals surface area contributed by atoms with Gasteiger partial charge in [-0.25, -0.2) is 0 Å². The van der Waals surface area contributed by atoms with Gasteiger partial charge in [-0.05, 0) is 49.9 Å². The molecule has 3 saturated heterocycles. The lowest BCUT2D eigenvalue weighted by molar-refractivity contribution is -0.149. The summed E-state index contributed by atoms with van der Waals surface area (Å²) in [4.78, 5) is 42.7. The number of carboxylic acid groups (broad SMARTS) is 1. The van der Waals surface area contributed by atoms with Gasteiger partial charge >= 0.3 is 5.97 Å². The second-order valence-corrected chi connectivity index (χ2v) is 10.6.